The van der Waals surface area contributed by atoms with Gasteiger partial charge in [0.15, 0.2) is 0 Å². The second-order valence-corrected chi connectivity index (χ2v) is 26.0. The van der Waals surface area contributed by atoms with Crippen LogP contribution < -0.4 is 0 Å². The molecule has 3 aromatic rings. The number of benzene rings is 2. The van der Waals surface area contributed by atoms with Crippen molar-refractivity contribution < 1.29 is 0 Å². The van der Waals surface area contributed by atoms with Gasteiger partial charge in [-0.05, 0) is 0 Å². The van der Waals surface area contributed by atoms with E-state index in [2.05, 4.69) is 90.1 Å². The number of imidazole rings is 1. The number of rotatable bonds is 6. The monoisotopic (exact) mass is 514 g/mol. The average molecular weight is 514 g/mol. The van der Waals surface area contributed by atoms with E-state index in [1.807, 2.05) is 0 Å². The quantitative estimate of drug-likeness (QED) is 0.366. The van der Waals surface area contributed by atoms with Gasteiger partial charge in [-0.15, -0.1) is 0 Å². The minimum absolute atomic E-state index is 1.13. The molecule has 1 heterocycles. The van der Waals surface area contributed by atoms with Crippen LogP contribution in [0.25, 0.3) is 22.5 Å². The predicted octanol–water partition coefficient (Wildman–Crippen LogP) is 6.07. The summed E-state index contributed by atoms with van der Waals surface area (Å²) in [6.45, 7) is 7.14. The first-order valence-corrected chi connectivity index (χ1v) is 18.9. The van der Waals surface area contributed by atoms with Gasteiger partial charge in [-0.2, -0.15) is 0 Å². The second-order valence-electron chi connectivity index (χ2n) is 6.33. The summed E-state index contributed by atoms with van der Waals surface area (Å²) in [5.74, 6) is 0. The van der Waals surface area contributed by atoms with Crippen molar-refractivity contribution in [2.45, 2.75) is 32.7 Å². The molecule has 0 amide bonds. The molecule has 0 saturated heterocycles. The van der Waals surface area contributed by atoms with Crippen LogP contribution in [0.15, 0.2) is 67.0 Å². The molecule has 0 N–H and O–H groups in total. The number of hydrogen-bond acceptors (Lipinski definition) is 1. The summed E-state index contributed by atoms with van der Waals surface area (Å²) >= 11 is -2.60. The Morgan fingerprint density at radius 1 is 0.750 bits per heavy atom. The molecule has 0 radical (unpaired) electrons. The number of hydrogen-bond donors (Lipinski definition) is 0. The van der Waals surface area contributed by atoms with E-state index in [0.29, 0.717) is 0 Å². The van der Waals surface area contributed by atoms with Crippen LogP contribution in [0.3, 0.4) is 0 Å². The van der Waals surface area contributed by atoms with Crippen molar-refractivity contribution in [2.75, 3.05) is 0 Å². The molecular formula is C21H26N2Pb. The van der Waals surface area contributed by atoms with E-state index in [4.69, 9.17) is 4.98 Å². The number of aromatic nitrogens is 2. The summed E-state index contributed by atoms with van der Waals surface area (Å²) in [7, 11) is 0. The van der Waals surface area contributed by atoms with Crippen molar-refractivity contribution in [3.05, 3.63) is 67.0 Å². The molecule has 0 bridgehead atoms. The van der Waals surface area contributed by atoms with Crippen molar-refractivity contribution >= 4 is 21.5 Å². The molecule has 0 unspecified atom stereocenters. The molecule has 24 heavy (non-hydrogen) atoms. The van der Waals surface area contributed by atoms with E-state index < -0.39 is 21.5 Å². The number of nitrogens with zero attached hydrogens (tertiary/aromatic N) is 2. The first-order valence-electron chi connectivity index (χ1n) is 8.94. The maximum atomic E-state index is 4.89. The van der Waals surface area contributed by atoms with E-state index >= 15 is 0 Å². The first-order chi connectivity index (χ1) is 11.8. The Balaban J connectivity index is 2.27. The third-order valence-electron chi connectivity index (χ3n) is 5.35. The Labute approximate surface area is 150 Å². The van der Waals surface area contributed by atoms with Gasteiger partial charge in [0.1, 0.15) is 0 Å². The summed E-state index contributed by atoms with van der Waals surface area (Å²) in [6.07, 6.45) is 2.14. The molecule has 3 rings (SSSR count). The Kier molecular flexibility index (Phi) is 5.54. The third kappa shape index (κ3) is 3.08. The van der Waals surface area contributed by atoms with Gasteiger partial charge < -0.3 is 0 Å². The van der Waals surface area contributed by atoms with Crippen molar-refractivity contribution in [2.24, 2.45) is 0 Å². The molecule has 0 aliphatic rings. The standard InChI is InChI=1S/C15H11N2.3C2H5.Pb/c1-3-7-12(8-4-1)14-15(17-11-16-14)13-9-5-2-6-10-13;3*1-2;/h1-11H;3*1H2,2H3;/q-1;;;;+1. The molecular weight excluding hydrogens is 487 g/mol. The molecule has 124 valence electrons. The van der Waals surface area contributed by atoms with E-state index in [-0.39, 0.29) is 0 Å². The van der Waals surface area contributed by atoms with Gasteiger partial charge in [0.05, 0.1) is 0 Å². The SMILES string of the molecule is C[CH2][Pb]([CH2]C)([CH2]C)[n]1cnc(-c2ccccc2)c1-c1ccccc1. The van der Waals surface area contributed by atoms with Crippen LogP contribution in [0, 0.1) is 0 Å². The van der Waals surface area contributed by atoms with E-state index in [1.165, 1.54) is 28.8 Å². The van der Waals surface area contributed by atoms with Crippen molar-refractivity contribution in [3.8, 4) is 22.5 Å². The summed E-state index contributed by atoms with van der Waals surface area (Å²) in [4.78, 5) is 4.89. The van der Waals surface area contributed by atoms with Crippen LogP contribution in [-0.4, -0.2) is 28.8 Å². The third-order valence-corrected chi connectivity index (χ3v) is 26.0. The fraction of sp³-hybridized carbons (Fsp3) is 0.286. The fourth-order valence-electron chi connectivity index (χ4n) is 3.65. The van der Waals surface area contributed by atoms with Crippen molar-refractivity contribution in [1.29, 1.82) is 0 Å². The normalized spacial score (nSPS) is 11.6. The molecule has 0 aliphatic carbocycles. The molecule has 0 saturated carbocycles. The van der Waals surface area contributed by atoms with Crippen molar-refractivity contribution in [1.82, 2.24) is 7.36 Å². The zero-order valence-corrected chi connectivity index (χ0v) is 18.8. The minimum atomic E-state index is -2.60. The van der Waals surface area contributed by atoms with Gasteiger partial charge >= 0.3 is 151 Å². The summed E-state index contributed by atoms with van der Waals surface area (Å²) in [6, 6.07) is 21.4. The van der Waals surface area contributed by atoms with Crippen LogP contribution in [0.5, 0.6) is 0 Å². The van der Waals surface area contributed by atoms with Gasteiger partial charge in [-0.1, -0.05) is 0 Å². The van der Waals surface area contributed by atoms with Crippen LogP contribution >= 0.6 is 0 Å². The summed E-state index contributed by atoms with van der Waals surface area (Å²) < 4.78 is 6.62. The van der Waals surface area contributed by atoms with Gasteiger partial charge in [0.2, 0.25) is 0 Å². The predicted molar refractivity (Wildman–Crippen MR) is 106 cm³/mol. The van der Waals surface area contributed by atoms with Crippen molar-refractivity contribution in [3.63, 3.8) is 0 Å². The van der Waals surface area contributed by atoms with Gasteiger partial charge in [-0.25, -0.2) is 0 Å². The summed E-state index contributed by atoms with van der Waals surface area (Å²) in [5.41, 5.74) is 4.95. The average Bonchev–Trinajstić information content (AvgIpc) is 3.11. The van der Waals surface area contributed by atoms with Gasteiger partial charge in [0.25, 0.3) is 0 Å². The van der Waals surface area contributed by atoms with Crippen LogP contribution in [0.2, 0.25) is 11.9 Å². The molecule has 1 aromatic heterocycles. The zero-order chi connectivity index (χ0) is 17.0. The topological polar surface area (TPSA) is 17.8 Å². The van der Waals surface area contributed by atoms with Crippen LogP contribution in [-0.2, 0) is 0 Å². The summed E-state index contributed by atoms with van der Waals surface area (Å²) in [5, 5.41) is 0. The molecule has 0 atom stereocenters. The fourth-order valence-corrected chi connectivity index (χ4v) is 17.4. The van der Waals surface area contributed by atoms with Crippen LogP contribution in [0.4, 0.5) is 0 Å². The van der Waals surface area contributed by atoms with E-state index in [9.17, 15) is 0 Å². The molecule has 2 aromatic carbocycles. The molecule has 3 heteroatoms. The Morgan fingerprint density at radius 2 is 1.25 bits per heavy atom. The van der Waals surface area contributed by atoms with Gasteiger partial charge in [0, 0.05) is 0 Å². The first kappa shape index (κ1) is 17.4. The maximum absolute atomic E-state index is 4.89. The Hall–Kier alpha value is -1.43. The molecule has 2 nitrogen and oxygen atoms in total. The van der Waals surface area contributed by atoms with Crippen LogP contribution in [0.1, 0.15) is 20.8 Å². The Bertz CT molecular complexity index is 766. The molecule has 0 fully saturated rings. The molecule has 0 spiro atoms. The molecule has 0 aliphatic heterocycles. The second kappa shape index (κ2) is 7.64. The van der Waals surface area contributed by atoms with E-state index in [0.717, 1.165) is 5.69 Å². The Morgan fingerprint density at radius 3 is 1.75 bits per heavy atom. The van der Waals surface area contributed by atoms with Gasteiger partial charge in [-0.3, -0.25) is 0 Å². The zero-order valence-electron chi connectivity index (χ0n) is 14.9. The van der Waals surface area contributed by atoms with E-state index in [1.54, 1.807) is 0 Å².